The molecule has 0 saturated carbocycles. The molecule has 0 atom stereocenters. The van der Waals surface area contributed by atoms with E-state index in [1.54, 1.807) is 0 Å². The molecule has 2 N–H and O–H groups in total. The summed E-state index contributed by atoms with van der Waals surface area (Å²) in [6.07, 6.45) is 6.11. The van der Waals surface area contributed by atoms with Gasteiger partial charge in [-0.15, -0.1) is 10.2 Å². The van der Waals surface area contributed by atoms with Gasteiger partial charge in [-0.2, -0.15) is 0 Å². The molecule has 0 aromatic carbocycles. The molecule has 0 aliphatic carbocycles. The molecule has 1 fully saturated rings. The lowest BCUT2D eigenvalue weighted by Crippen LogP contribution is -2.48. The van der Waals surface area contributed by atoms with E-state index in [1.807, 2.05) is 28.8 Å². The van der Waals surface area contributed by atoms with Crippen molar-refractivity contribution in [3.8, 4) is 0 Å². The van der Waals surface area contributed by atoms with E-state index in [9.17, 15) is 0 Å². The Kier molecular flexibility index (Phi) is 7.42. The van der Waals surface area contributed by atoms with Crippen LogP contribution in [-0.4, -0.2) is 64.2 Å². The number of hydrogen-bond acceptors (Lipinski definition) is 4. The number of fused-ring (bicyclic) bond motifs is 1. The van der Waals surface area contributed by atoms with Gasteiger partial charge in [-0.25, -0.2) is 0 Å². The summed E-state index contributed by atoms with van der Waals surface area (Å²) in [7, 11) is 0. The zero-order valence-electron chi connectivity index (χ0n) is 17.2. The third-order valence-electron chi connectivity index (χ3n) is 4.98. The van der Waals surface area contributed by atoms with Gasteiger partial charge in [-0.1, -0.05) is 18.2 Å². The van der Waals surface area contributed by atoms with E-state index in [2.05, 4.69) is 46.2 Å². The van der Waals surface area contributed by atoms with Crippen LogP contribution >= 0.6 is 0 Å². The molecule has 7 heteroatoms. The standard InChI is InChI=1S/C21H33N7/c1-4-22-21(24-18-10-14-27(15-11-18)16-17(2)3)23-12-7-9-20-26-25-19-8-5-6-13-28(19)20/h5-6,8,13,18H,2,4,7,9-12,14-16H2,1,3H3,(H2,22,23,24). The first-order chi connectivity index (χ1) is 13.7. The second-order valence-corrected chi connectivity index (χ2v) is 7.56. The molecule has 2 aromatic heterocycles. The number of piperidine rings is 1. The largest absolute Gasteiger partial charge is 0.357 e. The number of nitrogens with one attached hydrogen (secondary N) is 2. The Hall–Kier alpha value is -2.41. The molecule has 2 aromatic rings. The molecule has 1 aliphatic rings. The average Bonchev–Trinajstić information content (AvgIpc) is 3.09. The topological polar surface area (TPSA) is 69.8 Å². The van der Waals surface area contributed by atoms with Gasteiger partial charge in [-0.3, -0.25) is 14.3 Å². The predicted octanol–water partition coefficient (Wildman–Crippen LogP) is 2.26. The van der Waals surface area contributed by atoms with Gasteiger partial charge in [0.05, 0.1) is 0 Å². The third-order valence-corrected chi connectivity index (χ3v) is 4.98. The molecule has 3 rings (SSSR count). The van der Waals surface area contributed by atoms with Crippen LogP contribution in [0.2, 0.25) is 0 Å². The smallest absolute Gasteiger partial charge is 0.191 e. The van der Waals surface area contributed by atoms with Crippen molar-refractivity contribution in [3.63, 3.8) is 0 Å². The van der Waals surface area contributed by atoms with Gasteiger partial charge >= 0.3 is 0 Å². The summed E-state index contributed by atoms with van der Waals surface area (Å²) < 4.78 is 2.05. The molecule has 7 nitrogen and oxygen atoms in total. The molecule has 0 unspecified atom stereocenters. The Morgan fingerprint density at radius 2 is 2.11 bits per heavy atom. The highest BCUT2D eigenvalue weighted by atomic mass is 15.2. The summed E-state index contributed by atoms with van der Waals surface area (Å²) in [6, 6.07) is 6.45. The summed E-state index contributed by atoms with van der Waals surface area (Å²) in [5, 5.41) is 15.5. The second kappa shape index (κ2) is 10.2. The molecular weight excluding hydrogens is 350 g/mol. The van der Waals surface area contributed by atoms with Crippen LogP contribution in [0, 0.1) is 0 Å². The summed E-state index contributed by atoms with van der Waals surface area (Å²) in [6.45, 7) is 13.1. The van der Waals surface area contributed by atoms with Crippen molar-refractivity contribution in [2.75, 3.05) is 32.7 Å². The third kappa shape index (κ3) is 5.79. The number of hydrogen-bond donors (Lipinski definition) is 2. The average molecular weight is 384 g/mol. The molecule has 0 amide bonds. The lowest BCUT2D eigenvalue weighted by Gasteiger charge is -2.33. The Morgan fingerprint density at radius 3 is 2.86 bits per heavy atom. The quantitative estimate of drug-likeness (QED) is 0.317. The number of rotatable bonds is 8. The van der Waals surface area contributed by atoms with Crippen LogP contribution in [0.15, 0.2) is 41.5 Å². The van der Waals surface area contributed by atoms with Crippen molar-refractivity contribution in [1.29, 1.82) is 0 Å². The van der Waals surface area contributed by atoms with Gasteiger partial charge in [-0.05, 0) is 45.2 Å². The van der Waals surface area contributed by atoms with E-state index < -0.39 is 0 Å². The summed E-state index contributed by atoms with van der Waals surface area (Å²) in [5.74, 6) is 1.92. The molecule has 0 bridgehead atoms. The molecular formula is C21H33N7. The predicted molar refractivity (Wildman–Crippen MR) is 115 cm³/mol. The highest BCUT2D eigenvalue weighted by Gasteiger charge is 2.19. The lowest BCUT2D eigenvalue weighted by molar-refractivity contribution is 0.221. The van der Waals surface area contributed by atoms with Gasteiger partial charge in [0.15, 0.2) is 11.6 Å². The first kappa shape index (κ1) is 20.3. The second-order valence-electron chi connectivity index (χ2n) is 7.56. The van der Waals surface area contributed by atoms with Gasteiger partial charge in [0.1, 0.15) is 5.82 Å². The lowest BCUT2D eigenvalue weighted by atomic mass is 10.0. The van der Waals surface area contributed by atoms with Gasteiger partial charge in [0.2, 0.25) is 0 Å². The monoisotopic (exact) mass is 383 g/mol. The summed E-state index contributed by atoms with van der Waals surface area (Å²) in [4.78, 5) is 7.24. The van der Waals surface area contributed by atoms with Crippen molar-refractivity contribution in [2.45, 2.75) is 45.6 Å². The summed E-state index contributed by atoms with van der Waals surface area (Å²) >= 11 is 0. The van der Waals surface area contributed by atoms with Crippen molar-refractivity contribution in [2.24, 2.45) is 4.99 Å². The number of pyridine rings is 1. The van der Waals surface area contributed by atoms with Crippen LogP contribution in [0.1, 0.15) is 38.9 Å². The van der Waals surface area contributed by atoms with Gasteiger partial charge < -0.3 is 10.6 Å². The van der Waals surface area contributed by atoms with Gasteiger partial charge in [0.25, 0.3) is 0 Å². The van der Waals surface area contributed by atoms with Crippen LogP contribution in [0.5, 0.6) is 0 Å². The van der Waals surface area contributed by atoms with Crippen LogP contribution in [-0.2, 0) is 6.42 Å². The number of aromatic nitrogens is 3. The zero-order valence-corrected chi connectivity index (χ0v) is 17.2. The molecule has 0 spiro atoms. The van der Waals surface area contributed by atoms with Crippen LogP contribution < -0.4 is 10.6 Å². The molecule has 3 heterocycles. The van der Waals surface area contributed by atoms with E-state index in [0.717, 1.165) is 75.8 Å². The Labute approximate surface area is 167 Å². The van der Waals surface area contributed by atoms with E-state index in [4.69, 9.17) is 4.99 Å². The summed E-state index contributed by atoms with van der Waals surface area (Å²) in [5.41, 5.74) is 2.13. The highest BCUT2D eigenvalue weighted by Crippen LogP contribution is 2.11. The van der Waals surface area contributed by atoms with Crippen molar-refractivity contribution in [1.82, 2.24) is 30.1 Å². The molecule has 0 radical (unpaired) electrons. The number of aryl methyl sites for hydroxylation is 1. The number of guanidine groups is 1. The van der Waals surface area contributed by atoms with Crippen LogP contribution in [0.3, 0.4) is 0 Å². The number of aliphatic imine (C=N–C) groups is 1. The molecule has 1 saturated heterocycles. The van der Waals surface area contributed by atoms with Crippen LogP contribution in [0.4, 0.5) is 0 Å². The van der Waals surface area contributed by atoms with E-state index in [-0.39, 0.29) is 0 Å². The fourth-order valence-corrected chi connectivity index (χ4v) is 3.62. The maximum Gasteiger partial charge on any atom is 0.191 e. The first-order valence-corrected chi connectivity index (χ1v) is 10.4. The minimum Gasteiger partial charge on any atom is -0.357 e. The fourth-order valence-electron chi connectivity index (χ4n) is 3.62. The normalized spacial score (nSPS) is 16.4. The zero-order chi connectivity index (χ0) is 19.8. The van der Waals surface area contributed by atoms with Crippen LogP contribution in [0.25, 0.3) is 5.65 Å². The number of likely N-dealkylation sites (tertiary alicyclic amines) is 1. The number of nitrogens with zero attached hydrogens (tertiary/aromatic N) is 5. The van der Waals surface area contributed by atoms with Crippen molar-refractivity contribution in [3.05, 3.63) is 42.4 Å². The Morgan fingerprint density at radius 1 is 1.29 bits per heavy atom. The van der Waals surface area contributed by atoms with Gasteiger partial charge in [0, 0.05) is 51.4 Å². The molecule has 152 valence electrons. The highest BCUT2D eigenvalue weighted by molar-refractivity contribution is 5.80. The first-order valence-electron chi connectivity index (χ1n) is 10.4. The molecule has 28 heavy (non-hydrogen) atoms. The maximum atomic E-state index is 4.76. The van der Waals surface area contributed by atoms with E-state index >= 15 is 0 Å². The maximum absolute atomic E-state index is 4.76. The Bertz CT molecular complexity index is 787. The van der Waals surface area contributed by atoms with Crippen molar-refractivity contribution < 1.29 is 0 Å². The van der Waals surface area contributed by atoms with E-state index in [0.29, 0.717) is 6.04 Å². The minimum atomic E-state index is 0.486. The minimum absolute atomic E-state index is 0.486. The Balaban J connectivity index is 1.46. The molecule has 1 aliphatic heterocycles. The fraction of sp³-hybridized carbons (Fsp3) is 0.571. The SMILES string of the molecule is C=C(C)CN1CCC(NC(=NCCCc2nnc3ccccn23)NCC)CC1. The van der Waals surface area contributed by atoms with Crippen molar-refractivity contribution >= 4 is 11.6 Å². The van der Waals surface area contributed by atoms with E-state index in [1.165, 1.54) is 5.57 Å².